The van der Waals surface area contributed by atoms with Gasteiger partial charge in [0.15, 0.2) is 5.75 Å². The highest BCUT2D eigenvalue weighted by Crippen LogP contribution is 2.44. The van der Waals surface area contributed by atoms with E-state index in [4.69, 9.17) is 0 Å². The molecule has 1 aliphatic rings. The molecule has 0 saturated carbocycles. The van der Waals surface area contributed by atoms with Gasteiger partial charge in [0.1, 0.15) is 22.3 Å². The number of amides is 1. The van der Waals surface area contributed by atoms with Gasteiger partial charge in [-0.2, -0.15) is 0 Å². The molecule has 3 aromatic rings. The number of nitrogens with zero attached hydrogens (tertiary/aromatic N) is 3. The molecule has 0 spiro atoms. The first-order chi connectivity index (χ1) is 13.4. The summed E-state index contributed by atoms with van der Waals surface area (Å²) in [6, 6.07) is 10.2. The molecule has 1 unspecified atom stereocenters. The van der Waals surface area contributed by atoms with Gasteiger partial charge in [-0.05, 0) is 29.8 Å². The van der Waals surface area contributed by atoms with Gasteiger partial charge in [-0.25, -0.2) is 4.21 Å². The van der Waals surface area contributed by atoms with Gasteiger partial charge >= 0.3 is 0 Å². The number of anilines is 1. The van der Waals surface area contributed by atoms with Crippen LogP contribution in [0.2, 0.25) is 0 Å². The predicted molar refractivity (Wildman–Crippen MR) is 108 cm³/mol. The molecule has 0 bridgehead atoms. The second-order valence-corrected chi connectivity index (χ2v) is 8.09. The maximum atomic E-state index is 13.1. The molecule has 0 fully saturated rings. The van der Waals surface area contributed by atoms with Gasteiger partial charge in [-0.15, -0.1) is 0 Å². The highest BCUT2D eigenvalue weighted by molar-refractivity contribution is 7.85. The van der Waals surface area contributed by atoms with E-state index in [9.17, 15) is 19.2 Å². The summed E-state index contributed by atoms with van der Waals surface area (Å²) in [6.45, 7) is 0.611. The van der Waals surface area contributed by atoms with Gasteiger partial charge in [0, 0.05) is 43.5 Å². The van der Waals surface area contributed by atoms with Crippen molar-refractivity contribution in [1.82, 2.24) is 9.88 Å². The number of aromatic nitrogens is 1. The topological polar surface area (TPSA) is 94.0 Å². The number of benzene rings is 2. The van der Waals surface area contributed by atoms with Crippen LogP contribution in [0.3, 0.4) is 0 Å². The highest BCUT2D eigenvalue weighted by Gasteiger charge is 2.36. The molecule has 28 heavy (non-hydrogen) atoms. The van der Waals surface area contributed by atoms with Gasteiger partial charge in [-0.1, -0.05) is 12.1 Å². The van der Waals surface area contributed by atoms with Crippen molar-refractivity contribution in [2.75, 3.05) is 17.6 Å². The molecular formula is C20H19N3O4S. The predicted octanol–water partition coefficient (Wildman–Crippen LogP) is 2.53. The number of rotatable bonds is 4. The van der Waals surface area contributed by atoms with E-state index in [0.29, 0.717) is 28.7 Å². The van der Waals surface area contributed by atoms with Crippen molar-refractivity contribution in [1.29, 1.82) is 0 Å². The molecule has 1 amide bonds. The maximum absolute atomic E-state index is 13.1. The fraction of sp³-hybridized carbons (Fsp3) is 0.200. The van der Waals surface area contributed by atoms with Gasteiger partial charge in [0.2, 0.25) is 0 Å². The van der Waals surface area contributed by atoms with E-state index in [2.05, 4.69) is 4.98 Å². The molecule has 4 rings (SSSR count). The first-order valence-electron chi connectivity index (χ1n) is 8.65. The number of hydrogen-bond acceptors (Lipinski definition) is 5. The monoisotopic (exact) mass is 397 g/mol. The summed E-state index contributed by atoms with van der Waals surface area (Å²) >= 11 is 0. The third-order valence-electron chi connectivity index (χ3n) is 4.97. The summed E-state index contributed by atoms with van der Waals surface area (Å²) in [7, 11) is 0.384. The van der Waals surface area contributed by atoms with E-state index in [0.717, 1.165) is 5.56 Å². The number of aromatic hydroxyl groups is 2. The summed E-state index contributed by atoms with van der Waals surface area (Å²) in [5.74, 6) is -0.295. The van der Waals surface area contributed by atoms with Crippen LogP contribution < -0.4 is 4.31 Å². The summed E-state index contributed by atoms with van der Waals surface area (Å²) in [6.07, 6.45) is 3.11. The van der Waals surface area contributed by atoms with Gasteiger partial charge in [0.05, 0.1) is 11.3 Å². The molecule has 2 heterocycles. The molecule has 0 aliphatic carbocycles. The van der Waals surface area contributed by atoms with Crippen molar-refractivity contribution in [2.45, 2.75) is 13.1 Å². The van der Waals surface area contributed by atoms with E-state index in [1.165, 1.54) is 0 Å². The van der Waals surface area contributed by atoms with Gasteiger partial charge in [-0.3, -0.25) is 14.1 Å². The van der Waals surface area contributed by atoms with E-state index >= 15 is 0 Å². The lowest BCUT2D eigenvalue weighted by Crippen LogP contribution is -2.23. The minimum atomic E-state index is -1.31. The van der Waals surface area contributed by atoms with E-state index in [1.54, 1.807) is 65.1 Å². The normalized spacial score (nSPS) is 14.4. The van der Waals surface area contributed by atoms with Crippen LogP contribution >= 0.6 is 0 Å². The Kier molecular flexibility index (Phi) is 4.43. The Morgan fingerprint density at radius 3 is 2.61 bits per heavy atom. The number of hydrogen-bond donors (Lipinski definition) is 2. The molecule has 144 valence electrons. The Balaban J connectivity index is 1.85. The minimum Gasteiger partial charge on any atom is -0.508 e. The largest absolute Gasteiger partial charge is 0.508 e. The summed E-state index contributed by atoms with van der Waals surface area (Å²) in [5, 5.41) is 20.9. The fourth-order valence-electron chi connectivity index (χ4n) is 3.57. The van der Waals surface area contributed by atoms with E-state index < -0.39 is 11.0 Å². The second-order valence-electron chi connectivity index (χ2n) is 6.70. The number of pyridine rings is 1. The number of carbonyl (C=O) groups excluding carboxylic acids is 1. The molecule has 0 radical (unpaired) electrons. The quantitative estimate of drug-likeness (QED) is 0.706. The number of phenols is 2. The first kappa shape index (κ1) is 18.2. The molecule has 2 aromatic carbocycles. The van der Waals surface area contributed by atoms with Crippen LogP contribution in [0.5, 0.6) is 11.5 Å². The summed E-state index contributed by atoms with van der Waals surface area (Å²) in [5.41, 5.74) is 2.65. The molecular weight excluding hydrogens is 378 g/mol. The maximum Gasteiger partial charge on any atom is 0.258 e. The fourth-order valence-corrected chi connectivity index (χ4v) is 4.04. The minimum absolute atomic E-state index is 0.150. The Morgan fingerprint density at radius 1 is 1.21 bits per heavy atom. The Morgan fingerprint density at radius 2 is 1.93 bits per heavy atom. The highest BCUT2D eigenvalue weighted by atomic mass is 32.2. The second kappa shape index (κ2) is 6.79. The molecule has 1 atom stereocenters. The molecule has 1 aliphatic heterocycles. The average molecular weight is 397 g/mol. The number of carbonyl (C=O) groups is 1. The van der Waals surface area contributed by atoms with Crippen LogP contribution in [-0.4, -0.2) is 43.5 Å². The lowest BCUT2D eigenvalue weighted by atomic mass is 10.0. The molecule has 8 heteroatoms. The van der Waals surface area contributed by atoms with E-state index in [-0.39, 0.29) is 29.5 Å². The third-order valence-corrected chi connectivity index (χ3v) is 5.93. The third kappa shape index (κ3) is 2.86. The van der Waals surface area contributed by atoms with Crippen LogP contribution in [0.15, 0.2) is 42.6 Å². The van der Waals surface area contributed by atoms with Crippen molar-refractivity contribution >= 4 is 33.5 Å². The van der Waals surface area contributed by atoms with Crippen LogP contribution in [-0.2, 0) is 24.1 Å². The van der Waals surface area contributed by atoms with Crippen LogP contribution in [0, 0.1) is 0 Å². The number of fused-ring (bicyclic) bond motifs is 2. The lowest BCUT2D eigenvalue weighted by Gasteiger charge is -2.22. The van der Waals surface area contributed by atoms with Crippen LogP contribution in [0.4, 0.5) is 5.69 Å². The standard InChI is InChI=1S/C20H19N3O4S/c1-22(28(2)27)18-14-4-3-9-21-17(14)19(25)16-15(18)11-23(20(16)26)10-12-5-7-13(24)8-6-12/h3-9,24-25H,10-11H2,1-2H3. The average Bonchev–Trinajstić information content (AvgIpc) is 3.00. The van der Waals surface area contributed by atoms with Crippen LogP contribution in [0.1, 0.15) is 21.5 Å². The zero-order valence-corrected chi connectivity index (χ0v) is 16.2. The Labute approximate surface area is 164 Å². The summed E-state index contributed by atoms with van der Waals surface area (Å²) < 4.78 is 13.8. The summed E-state index contributed by atoms with van der Waals surface area (Å²) in [4.78, 5) is 18.9. The van der Waals surface area contributed by atoms with E-state index in [1.807, 2.05) is 0 Å². The Bertz CT molecular complexity index is 1110. The Hall–Kier alpha value is -3.13. The smallest absolute Gasteiger partial charge is 0.258 e. The molecule has 2 N–H and O–H groups in total. The molecule has 0 saturated heterocycles. The van der Waals surface area contributed by atoms with Crippen molar-refractivity contribution in [2.24, 2.45) is 0 Å². The lowest BCUT2D eigenvalue weighted by molar-refractivity contribution is 0.0764. The van der Waals surface area contributed by atoms with Crippen molar-refractivity contribution in [3.05, 3.63) is 59.3 Å². The van der Waals surface area contributed by atoms with Gasteiger partial charge < -0.3 is 15.1 Å². The zero-order chi connectivity index (χ0) is 20.0. The first-order valence-corrected chi connectivity index (χ1v) is 10.2. The SMILES string of the molecule is CN(c1c2c(c(O)c3ncccc13)C(=O)N(Cc1ccc(O)cc1)C2)S(C)=O. The van der Waals surface area contributed by atoms with Crippen molar-refractivity contribution in [3.63, 3.8) is 0 Å². The number of phenolic OH excluding ortho intramolecular Hbond substituents is 2. The van der Waals surface area contributed by atoms with Crippen LogP contribution in [0.25, 0.3) is 10.9 Å². The van der Waals surface area contributed by atoms with Crippen molar-refractivity contribution < 1.29 is 19.2 Å². The van der Waals surface area contributed by atoms with Gasteiger partial charge in [0.25, 0.3) is 5.91 Å². The molecule has 7 nitrogen and oxygen atoms in total. The molecule has 1 aromatic heterocycles. The van der Waals surface area contributed by atoms with Crippen molar-refractivity contribution in [3.8, 4) is 11.5 Å². The zero-order valence-electron chi connectivity index (χ0n) is 15.4.